The van der Waals surface area contributed by atoms with E-state index in [-0.39, 0.29) is 0 Å². The van der Waals surface area contributed by atoms with Crippen molar-refractivity contribution in [3.05, 3.63) is 0 Å². The van der Waals surface area contributed by atoms with Gasteiger partial charge < -0.3 is 15.1 Å². The topological polar surface area (TPSA) is 35.6 Å². The Labute approximate surface area is 117 Å². The normalized spacial score (nSPS) is 25.1. The van der Waals surface area contributed by atoms with Crippen molar-refractivity contribution in [2.45, 2.75) is 32.6 Å². The van der Waals surface area contributed by atoms with E-state index < -0.39 is 0 Å². The summed E-state index contributed by atoms with van der Waals surface area (Å²) in [7, 11) is 2.14. The molecule has 1 N–H and O–H groups in total. The summed E-state index contributed by atoms with van der Waals surface area (Å²) in [6.07, 6.45) is 4.33. The molecule has 0 aliphatic carbocycles. The molecular formula is C15H29N3O. The van der Waals surface area contributed by atoms with Crippen molar-refractivity contribution in [1.29, 1.82) is 0 Å². The Bertz CT molecular complexity index is 289. The first-order valence-corrected chi connectivity index (χ1v) is 7.84. The second-order valence-corrected chi connectivity index (χ2v) is 6.31. The van der Waals surface area contributed by atoms with E-state index in [1.165, 1.54) is 12.8 Å². The lowest BCUT2D eigenvalue weighted by atomic mass is 9.84. The van der Waals surface area contributed by atoms with E-state index in [2.05, 4.69) is 29.1 Å². The fourth-order valence-electron chi connectivity index (χ4n) is 3.28. The molecule has 4 nitrogen and oxygen atoms in total. The average molecular weight is 267 g/mol. The van der Waals surface area contributed by atoms with Crippen molar-refractivity contribution < 1.29 is 4.79 Å². The number of rotatable bonds is 3. The van der Waals surface area contributed by atoms with Crippen molar-refractivity contribution in [2.75, 3.05) is 46.3 Å². The molecule has 1 atom stereocenters. The number of hydrogen-bond acceptors (Lipinski definition) is 3. The van der Waals surface area contributed by atoms with Gasteiger partial charge in [-0.2, -0.15) is 0 Å². The van der Waals surface area contributed by atoms with Crippen LogP contribution in [0.1, 0.15) is 32.6 Å². The van der Waals surface area contributed by atoms with Gasteiger partial charge in [-0.05, 0) is 57.8 Å². The molecule has 1 unspecified atom stereocenters. The van der Waals surface area contributed by atoms with E-state index in [1.54, 1.807) is 0 Å². The summed E-state index contributed by atoms with van der Waals surface area (Å²) >= 11 is 0. The molecule has 0 saturated carbocycles. The highest BCUT2D eigenvalue weighted by Gasteiger charge is 2.25. The van der Waals surface area contributed by atoms with E-state index in [0.29, 0.717) is 11.8 Å². The second kappa shape index (κ2) is 7.25. The predicted octanol–water partition coefficient (Wildman–Crippen LogP) is 1.18. The summed E-state index contributed by atoms with van der Waals surface area (Å²) in [5.41, 5.74) is 0. The Balaban J connectivity index is 1.78. The van der Waals surface area contributed by atoms with E-state index in [9.17, 15) is 4.79 Å². The highest BCUT2D eigenvalue weighted by Crippen LogP contribution is 2.25. The van der Waals surface area contributed by atoms with Crippen molar-refractivity contribution >= 4 is 5.91 Å². The Kier molecular flexibility index (Phi) is 5.64. The maximum absolute atomic E-state index is 12.4. The predicted molar refractivity (Wildman–Crippen MR) is 78.1 cm³/mol. The van der Waals surface area contributed by atoms with Gasteiger partial charge in [0.1, 0.15) is 0 Å². The number of nitrogens with zero attached hydrogens (tertiary/aromatic N) is 2. The van der Waals surface area contributed by atoms with Gasteiger partial charge in [0.05, 0.1) is 0 Å². The van der Waals surface area contributed by atoms with Crippen molar-refractivity contribution in [3.8, 4) is 0 Å². The number of piperidine rings is 1. The molecule has 2 fully saturated rings. The van der Waals surface area contributed by atoms with Gasteiger partial charge in [-0.1, -0.05) is 6.92 Å². The highest BCUT2D eigenvalue weighted by atomic mass is 16.2. The van der Waals surface area contributed by atoms with E-state index in [0.717, 1.165) is 58.0 Å². The van der Waals surface area contributed by atoms with Crippen LogP contribution >= 0.6 is 0 Å². The molecule has 0 aromatic heterocycles. The molecule has 2 aliphatic rings. The monoisotopic (exact) mass is 267 g/mol. The van der Waals surface area contributed by atoms with Crippen molar-refractivity contribution in [1.82, 2.24) is 15.1 Å². The summed E-state index contributed by atoms with van der Waals surface area (Å²) in [4.78, 5) is 16.8. The van der Waals surface area contributed by atoms with E-state index in [4.69, 9.17) is 0 Å². The molecule has 2 rings (SSSR count). The molecule has 0 aromatic carbocycles. The third-order valence-electron chi connectivity index (χ3n) is 4.76. The van der Waals surface area contributed by atoms with Crippen LogP contribution in [0, 0.1) is 11.8 Å². The first kappa shape index (κ1) is 14.8. The fourth-order valence-corrected chi connectivity index (χ4v) is 3.28. The fraction of sp³-hybridized carbons (Fsp3) is 0.933. The zero-order valence-electron chi connectivity index (χ0n) is 12.5. The Morgan fingerprint density at radius 3 is 2.68 bits per heavy atom. The lowest BCUT2D eigenvalue weighted by Crippen LogP contribution is -2.37. The number of amides is 1. The molecule has 0 spiro atoms. The maximum atomic E-state index is 12.4. The van der Waals surface area contributed by atoms with E-state index in [1.807, 2.05) is 0 Å². The van der Waals surface area contributed by atoms with Crippen LogP contribution in [0.5, 0.6) is 0 Å². The molecular weight excluding hydrogens is 238 g/mol. The minimum absolute atomic E-state index is 0.376. The third-order valence-corrected chi connectivity index (χ3v) is 4.76. The molecule has 0 radical (unpaired) electrons. The Morgan fingerprint density at radius 2 is 1.95 bits per heavy atom. The minimum atomic E-state index is 0.376. The number of nitrogens with one attached hydrogen (secondary N) is 1. The van der Waals surface area contributed by atoms with Crippen LogP contribution in [0.15, 0.2) is 0 Å². The Hall–Kier alpha value is -0.610. The number of likely N-dealkylation sites (N-methyl/N-ethyl adjacent to an activating group) is 1. The quantitative estimate of drug-likeness (QED) is 0.834. The van der Waals surface area contributed by atoms with Crippen LogP contribution in [-0.4, -0.2) is 62.0 Å². The van der Waals surface area contributed by atoms with Gasteiger partial charge in [-0.25, -0.2) is 0 Å². The smallest absolute Gasteiger partial charge is 0.222 e. The lowest BCUT2D eigenvalue weighted by Gasteiger charge is -2.29. The van der Waals surface area contributed by atoms with Gasteiger partial charge in [-0.15, -0.1) is 0 Å². The van der Waals surface area contributed by atoms with Crippen LogP contribution in [0.2, 0.25) is 0 Å². The van der Waals surface area contributed by atoms with Gasteiger partial charge >= 0.3 is 0 Å². The number of carbonyl (C=O) groups excluding carboxylic acids is 1. The third kappa shape index (κ3) is 4.46. The van der Waals surface area contributed by atoms with Crippen LogP contribution < -0.4 is 5.32 Å². The van der Waals surface area contributed by atoms with Crippen LogP contribution in [0.25, 0.3) is 0 Å². The van der Waals surface area contributed by atoms with Crippen molar-refractivity contribution in [3.63, 3.8) is 0 Å². The zero-order chi connectivity index (χ0) is 13.7. The molecule has 2 aliphatic heterocycles. The zero-order valence-corrected chi connectivity index (χ0v) is 12.5. The van der Waals surface area contributed by atoms with Gasteiger partial charge in [0.2, 0.25) is 5.91 Å². The molecule has 4 heteroatoms. The van der Waals surface area contributed by atoms with E-state index >= 15 is 0 Å². The molecule has 2 saturated heterocycles. The van der Waals surface area contributed by atoms with Gasteiger partial charge in [0.25, 0.3) is 0 Å². The molecule has 0 bridgehead atoms. The maximum Gasteiger partial charge on any atom is 0.222 e. The highest BCUT2D eigenvalue weighted by molar-refractivity contribution is 5.76. The van der Waals surface area contributed by atoms with Gasteiger partial charge in [-0.3, -0.25) is 4.79 Å². The summed E-state index contributed by atoms with van der Waals surface area (Å²) in [6, 6.07) is 0. The van der Waals surface area contributed by atoms with Gasteiger partial charge in [0, 0.05) is 26.1 Å². The first-order chi connectivity index (χ1) is 9.16. The summed E-state index contributed by atoms with van der Waals surface area (Å²) in [5, 5.41) is 3.40. The van der Waals surface area contributed by atoms with Gasteiger partial charge in [0.15, 0.2) is 0 Å². The van der Waals surface area contributed by atoms with Crippen molar-refractivity contribution in [2.24, 2.45) is 11.8 Å². The molecule has 1 amide bonds. The summed E-state index contributed by atoms with van der Waals surface area (Å²) < 4.78 is 0. The summed E-state index contributed by atoms with van der Waals surface area (Å²) in [5.74, 6) is 1.65. The minimum Gasteiger partial charge on any atom is -0.341 e. The van der Waals surface area contributed by atoms with Crippen LogP contribution in [0.4, 0.5) is 0 Å². The van der Waals surface area contributed by atoms with Crippen LogP contribution in [-0.2, 0) is 4.79 Å². The largest absolute Gasteiger partial charge is 0.341 e. The molecule has 110 valence electrons. The number of hydrogen-bond donors (Lipinski definition) is 1. The average Bonchev–Trinajstić information content (AvgIpc) is 2.64. The first-order valence-electron chi connectivity index (χ1n) is 7.84. The summed E-state index contributed by atoms with van der Waals surface area (Å²) in [6.45, 7) is 8.50. The standard InChI is InChI=1S/C15H29N3O/c1-13(14-4-6-16-7-5-14)12-15(19)18-9-3-8-17(2)10-11-18/h13-14,16H,3-12H2,1-2H3. The molecule has 2 heterocycles. The molecule has 0 aromatic rings. The molecule has 19 heavy (non-hydrogen) atoms. The lowest BCUT2D eigenvalue weighted by molar-refractivity contribution is -0.132. The second-order valence-electron chi connectivity index (χ2n) is 6.31. The Morgan fingerprint density at radius 1 is 1.21 bits per heavy atom. The van der Waals surface area contributed by atoms with Crippen LogP contribution in [0.3, 0.4) is 0 Å². The SMILES string of the molecule is CC(CC(=O)N1CCCN(C)CC1)C1CCNCC1. The number of carbonyl (C=O) groups is 1.